The first-order valence-corrected chi connectivity index (χ1v) is 14.8. The van der Waals surface area contributed by atoms with E-state index in [1.165, 1.54) is 38.9 Å². The summed E-state index contributed by atoms with van der Waals surface area (Å²) in [5, 5.41) is 4.73. The van der Waals surface area contributed by atoms with E-state index in [0.717, 1.165) is 35.6 Å². The molecule has 0 saturated carbocycles. The molecule has 0 aliphatic rings. The highest BCUT2D eigenvalue weighted by Crippen LogP contribution is 2.36. The Hall–Kier alpha value is -3.98. The number of rotatable bonds is 6. The lowest BCUT2D eigenvalue weighted by molar-refractivity contribution is 0.590. The van der Waals surface area contributed by atoms with Crippen LogP contribution in [-0.4, -0.2) is 14.8 Å². The van der Waals surface area contributed by atoms with Crippen molar-refractivity contribution >= 4 is 0 Å². The van der Waals surface area contributed by atoms with Crippen molar-refractivity contribution in [2.75, 3.05) is 0 Å². The van der Waals surface area contributed by atoms with E-state index in [-0.39, 0.29) is 10.8 Å². The summed E-state index contributed by atoms with van der Waals surface area (Å²) in [5.74, 6) is 1.80. The predicted octanol–water partition coefficient (Wildman–Crippen LogP) is 10.0. The second-order valence-electron chi connectivity index (χ2n) is 13.3. The number of aromatic nitrogens is 3. The molecular weight excluding hydrogens is 498 g/mol. The maximum Gasteiger partial charge on any atom is 0.181 e. The Bertz CT molecular complexity index is 1560. The fraction of sp³-hybridized carbons (Fsp3) is 0.316. The summed E-state index contributed by atoms with van der Waals surface area (Å²) < 4.78 is 1.91. The first kappa shape index (κ1) is 28.5. The molecule has 0 amide bonds. The van der Waals surface area contributed by atoms with Gasteiger partial charge >= 0.3 is 0 Å². The van der Waals surface area contributed by atoms with E-state index in [1.807, 2.05) is 11.7 Å². The van der Waals surface area contributed by atoms with Crippen LogP contribution in [0.4, 0.5) is 0 Å². The summed E-state index contributed by atoms with van der Waals surface area (Å²) >= 11 is 0. The first-order chi connectivity index (χ1) is 19.4. The summed E-state index contributed by atoms with van der Waals surface area (Å²) in [6.45, 7) is 15.7. The zero-order valence-electron chi connectivity index (χ0n) is 25.9. The summed E-state index contributed by atoms with van der Waals surface area (Å²) in [6, 6.07) is 33.7. The van der Waals surface area contributed by atoms with Gasteiger partial charge in [-0.05, 0) is 86.0 Å². The van der Waals surface area contributed by atoms with Gasteiger partial charge in [-0.15, -0.1) is 0 Å². The third kappa shape index (κ3) is 6.35. The van der Waals surface area contributed by atoms with Crippen LogP contribution in [0.5, 0.6) is 0 Å². The van der Waals surface area contributed by atoms with Crippen molar-refractivity contribution in [3.63, 3.8) is 0 Å². The molecule has 1 aromatic heterocycles. The quantitative estimate of drug-likeness (QED) is 0.214. The SMILES string of the molecule is CCCc1nc(-c2cccc(-c3cc(-c4ccc(C(C)(C)C)cc4)cc(-c4ccc(C(C)(C)C)cc4)c3)c2)nn1C. The molecule has 41 heavy (non-hydrogen) atoms. The van der Waals surface area contributed by atoms with Crippen LogP contribution in [0.1, 0.15) is 71.8 Å². The van der Waals surface area contributed by atoms with Crippen LogP contribution in [0.3, 0.4) is 0 Å². The molecule has 210 valence electrons. The summed E-state index contributed by atoms with van der Waals surface area (Å²) in [4.78, 5) is 4.84. The van der Waals surface area contributed by atoms with Gasteiger partial charge in [0.1, 0.15) is 5.82 Å². The second kappa shape index (κ2) is 11.1. The van der Waals surface area contributed by atoms with E-state index < -0.39 is 0 Å². The van der Waals surface area contributed by atoms with Crippen LogP contribution in [-0.2, 0) is 24.3 Å². The van der Waals surface area contributed by atoms with E-state index >= 15 is 0 Å². The molecule has 0 spiro atoms. The minimum absolute atomic E-state index is 0.122. The maximum atomic E-state index is 4.84. The molecule has 0 aliphatic carbocycles. The second-order valence-corrected chi connectivity index (χ2v) is 13.3. The molecule has 0 bridgehead atoms. The van der Waals surface area contributed by atoms with Gasteiger partial charge in [-0.3, -0.25) is 4.68 Å². The Labute approximate surface area is 246 Å². The van der Waals surface area contributed by atoms with E-state index in [1.54, 1.807) is 0 Å². The fourth-order valence-corrected chi connectivity index (χ4v) is 5.27. The lowest BCUT2D eigenvalue weighted by atomic mass is 9.85. The Morgan fingerprint density at radius 2 is 1.00 bits per heavy atom. The molecule has 0 aliphatic heterocycles. The lowest BCUT2D eigenvalue weighted by Crippen LogP contribution is -2.10. The highest BCUT2D eigenvalue weighted by atomic mass is 15.3. The van der Waals surface area contributed by atoms with Crippen molar-refractivity contribution < 1.29 is 0 Å². The monoisotopic (exact) mass is 541 g/mol. The van der Waals surface area contributed by atoms with Gasteiger partial charge in [0, 0.05) is 19.0 Å². The molecule has 0 saturated heterocycles. The minimum atomic E-state index is 0.122. The Balaban J connectivity index is 1.61. The number of hydrogen-bond acceptors (Lipinski definition) is 2. The largest absolute Gasteiger partial charge is 0.253 e. The third-order valence-corrected chi connectivity index (χ3v) is 7.88. The molecule has 3 heteroatoms. The normalized spacial score (nSPS) is 12.1. The van der Waals surface area contributed by atoms with Crippen LogP contribution in [0, 0.1) is 0 Å². The highest BCUT2D eigenvalue weighted by molar-refractivity contribution is 5.82. The summed E-state index contributed by atoms with van der Waals surface area (Å²) in [5.41, 5.74) is 11.2. The van der Waals surface area contributed by atoms with Gasteiger partial charge in [0.05, 0.1) is 0 Å². The number of nitrogens with zero attached hydrogens (tertiary/aromatic N) is 3. The molecule has 5 rings (SSSR count). The zero-order chi connectivity index (χ0) is 29.4. The van der Waals surface area contributed by atoms with Gasteiger partial charge in [0.25, 0.3) is 0 Å². The Morgan fingerprint density at radius 3 is 1.46 bits per heavy atom. The molecule has 4 aromatic carbocycles. The smallest absolute Gasteiger partial charge is 0.181 e. The molecule has 3 nitrogen and oxygen atoms in total. The Kier molecular flexibility index (Phi) is 7.74. The van der Waals surface area contributed by atoms with E-state index in [4.69, 9.17) is 10.1 Å². The van der Waals surface area contributed by atoms with Crippen molar-refractivity contribution in [2.45, 2.75) is 72.1 Å². The van der Waals surface area contributed by atoms with Crippen molar-refractivity contribution in [1.29, 1.82) is 0 Å². The standard InChI is InChI=1S/C38H43N3/c1-9-11-35-39-36(40-41(35)8)29-13-10-12-28(22-29)32-24-30(26-14-18-33(19-15-26)37(2,3)4)23-31(25-32)27-16-20-34(21-17-27)38(5,6)7/h10,12-25H,9,11H2,1-8H3. The lowest BCUT2D eigenvalue weighted by Gasteiger charge is -2.20. The molecule has 1 heterocycles. The molecule has 0 unspecified atom stereocenters. The topological polar surface area (TPSA) is 30.7 Å². The van der Waals surface area contributed by atoms with Crippen LogP contribution in [0.2, 0.25) is 0 Å². The summed E-state index contributed by atoms with van der Waals surface area (Å²) in [6.07, 6.45) is 1.98. The van der Waals surface area contributed by atoms with Crippen LogP contribution < -0.4 is 0 Å². The van der Waals surface area contributed by atoms with E-state index in [0.29, 0.717) is 0 Å². The van der Waals surface area contributed by atoms with Gasteiger partial charge in [0.2, 0.25) is 0 Å². The Morgan fingerprint density at radius 1 is 0.561 bits per heavy atom. The van der Waals surface area contributed by atoms with Crippen LogP contribution in [0.25, 0.3) is 44.8 Å². The van der Waals surface area contributed by atoms with E-state index in [2.05, 4.69) is 139 Å². The maximum absolute atomic E-state index is 4.84. The molecule has 0 fully saturated rings. The fourth-order valence-electron chi connectivity index (χ4n) is 5.27. The van der Waals surface area contributed by atoms with Gasteiger partial charge in [0.15, 0.2) is 5.82 Å². The number of aryl methyl sites for hydroxylation is 2. The van der Waals surface area contributed by atoms with Crippen molar-refractivity contribution in [2.24, 2.45) is 7.05 Å². The average molecular weight is 542 g/mol. The van der Waals surface area contributed by atoms with Crippen molar-refractivity contribution in [3.8, 4) is 44.8 Å². The molecule has 0 radical (unpaired) electrons. The molecule has 0 atom stereocenters. The van der Waals surface area contributed by atoms with Gasteiger partial charge in [-0.2, -0.15) is 5.10 Å². The highest BCUT2D eigenvalue weighted by Gasteiger charge is 2.16. The summed E-state index contributed by atoms with van der Waals surface area (Å²) in [7, 11) is 1.98. The molecule has 5 aromatic rings. The van der Waals surface area contributed by atoms with Crippen LogP contribution in [0.15, 0.2) is 91.0 Å². The predicted molar refractivity (Wildman–Crippen MR) is 174 cm³/mol. The average Bonchev–Trinajstić information content (AvgIpc) is 3.32. The molecule has 0 N–H and O–H groups in total. The van der Waals surface area contributed by atoms with Gasteiger partial charge in [-0.1, -0.05) is 115 Å². The number of hydrogen-bond donors (Lipinski definition) is 0. The zero-order valence-corrected chi connectivity index (χ0v) is 25.9. The van der Waals surface area contributed by atoms with Crippen molar-refractivity contribution in [1.82, 2.24) is 14.8 Å². The third-order valence-electron chi connectivity index (χ3n) is 7.88. The minimum Gasteiger partial charge on any atom is -0.253 e. The van der Waals surface area contributed by atoms with Gasteiger partial charge in [-0.25, -0.2) is 4.98 Å². The number of benzene rings is 4. The van der Waals surface area contributed by atoms with Crippen molar-refractivity contribution in [3.05, 3.63) is 108 Å². The first-order valence-electron chi connectivity index (χ1n) is 14.8. The van der Waals surface area contributed by atoms with Crippen LogP contribution >= 0.6 is 0 Å². The molecular formula is C38H43N3. The van der Waals surface area contributed by atoms with E-state index in [9.17, 15) is 0 Å². The van der Waals surface area contributed by atoms with Gasteiger partial charge < -0.3 is 0 Å².